The maximum absolute atomic E-state index is 5.68. The van der Waals surface area contributed by atoms with Gasteiger partial charge in [0.1, 0.15) is 0 Å². The zero-order valence-electron chi connectivity index (χ0n) is 7.91. The first-order chi connectivity index (χ1) is 4.31. The van der Waals surface area contributed by atoms with Crippen molar-refractivity contribution in [3.63, 3.8) is 0 Å². The second kappa shape index (κ2) is 3.19. The van der Waals surface area contributed by atoms with E-state index in [0.29, 0.717) is 9.76 Å². The van der Waals surface area contributed by atoms with E-state index >= 15 is 0 Å². The van der Waals surface area contributed by atoms with Crippen LogP contribution in [-0.4, -0.2) is 23.1 Å². The van der Waals surface area contributed by atoms with Gasteiger partial charge in [0.25, 0.3) is 0 Å². The lowest BCUT2D eigenvalue weighted by atomic mass is 10.5. The zero-order valence-corrected chi connectivity index (χ0v) is 9.91. The first-order valence-corrected chi connectivity index (χ1v) is 8.57. The van der Waals surface area contributed by atoms with Crippen molar-refractivity contribution >= 4 is 17.8 Å². The van der Waals surface area contributed by atoms with Crippen LogP contribution in [0.25, 0.3) is 0 Å². The van der Waals surface area contributed by atoms with Crippen LogP contribution in [-0.2, 0) is 4.43 Å². The normalized spacial score (nSPS) is 13.8. The van der Waals surface area contributed by atoms with Crippen LogP contribution in [0.1, 0.15) is 13.8 Å². The fraction of sp³-hybridized carbons (Fsp3) is 1.00. The van der Waals surface area contributed by atoms with Crippen LogP contribution in [0.3, 0.4) is 0 Å². The van der Waals surface area contributed by atoms with Gasteiger partial charge < -0.3 is 4.43 Å². The molecule has 0 bridgehead atoms. The third-order valence-electron chi connectivity index (χ3n) is 2.16. The summed E-state index contributed by atoms with van der Waals surface area (Å²) in [6, 6.07) is 0. The maximum Gasteiger partial charge on any atom is 0.226 e. The molecule has 0 saturated heterocycles. The molecule has 0 N–H and O–H groups in total. The Kier molecular flexibility index (Phi) is 3.32. The van der Waals surface area contributed by atoms with E-state index in [1.165, 1.54) is 0 Å². The van der Waals surface area contributed by atoms with Crippen molar-refractivity contribution in [1.82, 2.24) is 0 Å². The molecule has 0 saturated carbocycles. The van der Waals surface area contributed by atoms with E-state index in [1.54, 1.807) is 0 Å². The minimum absolute atomic E-state index is 0.139. The second-order valence-electron chi connectivity index (χ2n) is 4.07. The Morgan fingerprint density at radius 1 is 1.20 bits per heavy atom. The standard InChI is InChI=1S/C7H18OSi2/c1-7(2,8-9-3)10(4,5)6/h1-6H3. The van der Waals surface area contributed by atoms with Gasteiger partial charge in [-0.05, 0) is 20.4 Å². The smallest absolute Gasteiger partial charge is 0.226 e. The van der Waals surface area contributed by atoms with Crippen LogP contribution in [0.15, 0.2) is 0 Å². The Hall–Kier alpha value is 0.394. The molecule has 0 aliphatic carbocycles. The molecule has 0 aromatic carbocycles. The third-order valence-corrected chi connectivity index (χ3v) is 6.80. The summed E-state index contributed by atoms with van der Waals surface area (Å²) in [5.41, 5.74) is 0. The Morgan fingerprint density at radius 3 is 1.70 bits per heavy atom. The average molecular weight is 174 g/mol. The fourth-order valence-corrected chi connectivity index (χ4v) is 2.45. The van der Waals surface area contributed by atoms with Gasteiger partial charge in [-0.2, -0.15) is 0 Å². The summed E-state index contributed by atoms with van der Waals surface area (Å²) in [5, 5.41) is 0.139. The largest absolute Gasteiger partial charge is 0.416 e. The lowest BCUT2D eigenvalue weighted by Crippen LogP contribution is -2.49. The molecule has 0 aromatic heterocycles. The molecule has 0 aliphatic heterocycles. The van der Waals surface area contributed by atoms with Gasteiger partial charge in [0, 0.05) is 5.22 Å². The van der Waals surface area contributed by atoms with Crippen molar-refractivity contribution < 1.29 is 4.43 Å². The highest BCUT2D eigenvalue weighted by Crippen LogP contribution is 2.22. The zero-order chi connectivity index (χ0) is 8.41. The van der Waals surface area contributed by atoms with Gasteiger partial charge in [0.15, 0.2) is 0 Å². The van der Waals surface area contributed by atoms with E-state index in [-0.39, 0.29) is 5.22 Å². The molecule has 0 amide bonds. The van der Waals surface area contributed by atoms with E-state index < -0.39 is 8.07 Å². The highest BCUT2D eigenvalue weighted by Gasteiger charge is 2.34. The van der Waals surface area contributed by atoms with E-state index in [2.05, 4.69) is 40.0 Å². The molecule has 2 radical (unpaired) electrons. The summed E-state index contributed by atoms with van der Waals surface area (Å²) in [6.07, 6.45) is 0. The van der Waals surface area contributed by atoms with Crippen molar-refractivity contribution in [2.24, 2.45) is 0 Å². The Morgan fingerprint density at radius 2 is 1.60 bits per heavy atom. The van der Waals surface area contributed by atoms with Crippen LogP contribution in [0, 0.1) is 0 Å². The molecule has 0 aromatic rings. The molecule has 0 atom stereocenters. The Labute approximate surface area is 68.1 Å². The Bertz CT molecular complexity index is 105. The van der Waals surface area contributed by atoms with Crippen LogP contribution in [0.2, 0.25) is 26.2 Å². The minimum Gasteiger partial charge on any atom is -0.416 e. The maximum atomic E-state index is 5.68. The van der Waals surface area contributed by atoms with Gasteiger partial charge in [0.2, 0.25) is 9.76 Å². The van der Waals surface area contributed by atoms with Gasteiger partial charge in [-0.15, -0.1) is 0 Å². The monoisotopic (exact) mass is 174 g/mol. The summed E-state index contributed by atoms with van der Waals surface area (Å²) in [4.78, 5) is 0. The first kappa shape index (κ1) is 10.4. The number of hydrogen-bond acceptors (Lipinski definition) is 1. The molecule has 10 heavy (non-hydrogen) atoms. The lowest BCUT2D eigenvalue weighted by Gasteiger charge is -2.37. The summed E-state index contributed by atoms with van der Waals surface area (Å²) in [5.74, 6) is 0. The van der Waals surface area contributed by atoms with E-state index in [4.69, 9.17) is 4.43 Å². The Balaban J connectivity index is 4.10. The predicted octanol–water partition coefficient (Wildman–Crippen LogP) is 2.33. The van der Waals surface area contributed by atoms with Gasteiger partial charge >= 0.3 is 0 Å². The second-order valence-corrected chi connectivity index (χ2v) is 10.4. The first-order valence-electron chi connectivity index (χ1n) is 3.66. The van der Waals surface area contributed by atoms with Gasteiger partial charge in [-0.3, -0.25) is 0 Å². The van der Waals surface area contributed by atoms with Crippen LogP contribution >= 0.6 is 0 Å². The van der Waals surface area contributed by atoms with Crippen molar-refractivity contribution in [3.8, 4) is 0 Å². The quantitative estimate of drug-likeness (QED) is 0.597. The minimum atomic E-state index is -1.12. The molecular weight excluding hydrogens is 156 g/mol. The van der Waals surface area contributed by atoms with Crippen LogP contribution in [0.5, 0.6) is 0 Å². The van der Waals surface area contributed by atoms with E-state index in [9.17, 15) is 0 Å². The SMILES string of the molecule is C[Si]OC(C)(C)[Si](C)(C)C. The fourth-order valence-electron chi connectivity index (χ4n) is 0.408. The molecule has 1 nitrogen and oxygen atoms in total. The van der Waals surface area contributed by atoms with Crippen LogP contribution in [0.4, 0.5) is 0 Å². The lowest BCUT2D eigenvalue weighted by molar-refractivity contribution is 0.197. The van der Waals surface area contributed by atoms with Crippen molar-refractivity contribution in [1.29, 1.82) is 0 Å². The van der Waals surface area contributed by atoms with Crippen molar-refractivity contribution in [2.75, 3.05) is 0 Å². The molecule has 3 heteroatoms. The molecule has 0 rings (SSSR count). The summed E-state index contributed by atoms with van der Waals surface area (Å²) < 4.78 is 5.68. The average Bonchev–Trinajstić information content (AvgIpc) is 1.61. The third kappa shape index (κ3) is 2.56. The van der Waals surface area contributed by atoms with Gasteiger partial charge in [-0.25, -0.2) is 0 Å². The molecule has 0 spiro atoms. The summed E-state index contributed by atoms with van der Waals surface area (Å²) in [6.45, 7) is 13.5. The van der Waals surface area contributed by atoms with Crippen LogP contribution < -0.4 is 0 Å². The highest BCUT2D eigenvalue weighted by molar-refractivity contribution is 6.79. The van der Waals surface area contributed by atoms with Crippen molar-refractivity contribution in [3.05, 3.63) is 0 Å². The molecule has 60 valence electrons. The molecule has 0 heterocycles. The van der Waals surface area contributed by atoms with E-state index in [0.717, 1.165) is 0 Å². The van der Waals surface area contributed by atoms with Gasteiger partial charge in [-0.1, -0.05) is 19.6 Å². The molecule has 0 unspecified atom stereocenters. The highest BCUT2D eigenvalue weighted by atomic mass is 28.3. The predicted molar refractivity (Wildman–Crippen MR) is 50.1 cm³/mol. The number of hydrogen-bond donors (Lipinski definition) is 0. The summed E-state index contributed by atoms with van der Waals surface area (Å²) in [7, 11) is -0.504. The molecule has 0 aliphatic rings. The number of rotatable bonds is 3. The topological polar surface area (TPSA) is 9.23 Å². The molecular formula is C7H18OSi2. The van der Waals surface area contributed by atoms with E-state index in [1.807, 2.05) is 0 Å². The molecule has 0 fully saturated rings. The summed E-state index contributed by atoms with van der Waals surface area (Å²) >= 11 is 0. The van der Waals surface area contributed by atoms with Gasteiger partial charge in [0.05, 0.1) is 8.07 Å². The van der Waals surface area contributed by atoms with Crippen molar-refractivity contribution in [2.45, 2.75) is 45.3 Å².